The summed E-state index contributed by atoms with van der Waals surface area (Å²) in [5, 5.41) is 3.26. The van der Waals surface area contributed by atoms with Crippen LogP contribution in [-0.2, 0) is 6.54 Å². The second-order valence-corrected chi connectivity index (χ2v) is 6.11. The molecule has 0 aromatic heterocycles. The average Bonchev–Trinajstić information content (AvgIpc) is 2.39. The molecular weight excluding hydrogens is 368 g/mol. The van der Waals surface area contributed by atoms with Gasteiger partial charge in [-0.1, -0.05) is 26.0 Å². The molecule has 0 fully saturated rings. The van der Waals surface area contributed by atoms with Gasteiger partial charge in [-0.2, -0.15) is 0 Å². The normalized spacial score (nSPS) is 10.8. The van der Waals surface area contributed by atoms with E-state index in [4.69, 9.17) is 4.74 Å². The molecule has 2 aromatic rings. The summed E-state index contributed by atoms with van der Waals surface area (Å²) in [6.07, 6.45) is 0. The van der Waals surface area contributed by atoms with Gasteiger partial charge in [-0.15, -0.1) is 0 Å². The molecule has 106 valence electrons. The predicted octanol–water partition coefficient (Wildman–Crippen LogP) is 4.72. The summed E-state index contributed by atoms with van der Waals surface area (Å²) in [4.78, 5) is 0. The zero-order valence-corrected chi connectivity index (χ0v) is 13.6. The molecule has 0 saturated heterocycles. The Balaban J connectivity index is 2.09. The van der Waals surface area contributed by atoms with Gasteiger partial charge in [0, 0.05) is 16.2 Å². The van der Waals surface area contributed by atoms with Crippen molar-refractivity contribution in [3.63, 3.8) is 0 Å². The lowest BCUT2D eigenvalue weighted by Crippen LogP contribution is -2.21. The van der Waals surface area contributed by atoms with Crippen molar-refractivity contribution in [3.8, 4) is 11.5 Å². The van der Waals surface area contributed by atoms with Crippen molar-refractivity contribution in [3.05, 3.63) is 57.4 Å². The minimum absolute atomic E-state index is 0.250. The van der Waals surface area contributed by atoms with Gasteiger partial charge in [0.05, 0.1) is 0 Å². The molecule has 0 aliphatic rings. The third kappa shape index (κ3) is 4.45. The van der Waals surface area contributed by atoms with Crippen molar-refractivity contribution in [1.29, 1.82) is 0 Å². The Hall–Kier alpha value is -1.14. The van der Waals surface area contributed by atoms with E-state index in [9.17, 15) is 4.39 Å². The van der Waals surface area contributed by atoms with Crippen LogP contribution in [-0.4, -0.2) is 6.04 Å². The Labute approximate surface area is 132 Å². The van der Waals surface area contributed by atoms with Crippen LogP contribution in [0.5, 0.6) is 11.5 Å². The number of ether oxygens (including phenoxy) is 1. The molecule has 0 spiro atoms. The lowest BCUT2D eigenvalue weighted by molar-refractivity contribution is 0.441. The van der Waals surface area contributed by atoms with Crippen LogP contribution < -0.4 is 10.1 Å². The highest BCUT2D eigenvalue weighted by Crippen LogP contribution is 2.26. The second-order valence-electron chi connectivity index (χ2n) is 4.86. The molecule has 2 aromatic carbocycles. The maximum Gasteiger partial charge on any atom is 0.166 e. The van der Waals surface area contributed by atoms with Gasteiger partial charge in [-0.25, -0.2) is 4.39 Å². The van der Waals surface area contributed by atoms with Gasteiger partial charge in [0.15, 0.2) is 11.6 Å². The fourth-order valence-corrected chi connectivity index (χ4v) is 2.23. The summed E-state index contributed by atoms with van der Waals surface area (Å²) in [6, 6.07) is 13.0. The monoisotopic (exact) mass is 385 g/mol. The van der Waals surface area contributed by atoms with Gasteiger partial charge in [0.1, 0.15) is 5.75 Å². The quantitative estimate of drug-likeness (QED) is 0.753. The molecule has 1 N–H and O–H groups in total. The zero-order chi connectivity index (χ0) is 14.5. The first-order valence-electron chi connectivity index (χ1n) is 6.50. The summed E-state index contributed by atoms with van der Waals surface area (Å²) < 4.78 is 20.6. The lowest BCUT2D eigenvalue weighted by Gasteiger charge is -2.11. The summed E-state index contributed by atoms with van der Waals surface area (Å²) in [6.45, 7) is 4.77. The molecule has 4 heteroatoms. The first-order valence-corrected chi connectivity index (χ1v) is 7.57. The van der Waals surface area contributed by atoms with E-state index in [1.165, 1.54) is 6.07 Å². The zero-order valence-electron chi connectivity index (χ0n) is 11.5. The Morgan fingerprint density at radius 3 is 2.65 bits per heavy atom. The number of nitrogens with one attached hydrogen (secondary N) is 1. The van der Waals surface area contributed by atoms with E-state index >= 15 is 0 Å². The van der Waals surface area contributed by atoms with Crippen LogP contribution in [0.25, 0.3) is 0 Å². The van der Waals surface area contributed by atoms with E-state index in [-0.39, 0.29) is 11.6 Å². The second kappa shape index (κ2) is 7.04. The Bertz CT molecular complexity index is 586. The first-order chi connectivity index (χ1) is 9.54. The topological polar surface area (TPSA) is 21.3 Å². The van der Waals surface area contributed by atoms with Crippen LogP contribution in [0.1, 0.15) is 19.4 Å². The summed E-state index contributed by atoms with van der Waals surface area (Å²) in [5.74, 6) is 0.552. The highest BCUT2D eigenvalue weighted by atomic mass is 127. The Morgan fingerprint density at radius 1 is 1.20 bits per heavy atom. The van der Waals surface area contributed by atoms with Crippen molar-refractivity contribution in [2.24, 2.45) is 0 Å². The summed E-state index contributed by atoms with van der Waals surface area (Å²) in [5.41, 5.74) is 0.909. The van der Waals surface area contributed by atoms with Gasteiger partial charge in [-0.05, 0) is 58.5 Å². The SMILES string of the molecule is CC(C)NCc1ccc(Oc2cccc(I)c2)c(F)c1. The molecule has 20 heavy (non-hydrogen) atoms. The summed E-state index contributed by atoms with van der Waals surface area (Å²) in [7, 11) is 0. The third-order valence-electron chi connectivity index (χ3n) is 2.73. The maximum absolute atomic E-state index is 14.0. The van der Waals surface area contributed by atoms with E-state index in [1.54, 1.807) is 6.07 Å². The fourth-order valence-electron chi connectivity index (χ4n) is 1.72. The van der Waals surface area contributed by atoms with Crippen LogP contribution >= 0.6 is 22.6 Å². The van der Waals surface area contributed by atoms with E-state index < -0.39 is 0 Å². The first kappa shape index (κ1) is 15.3. The number of hydrogen-bond acceptors (Lipinski definition) is 2. The number of benzene rings is 2. The minimum atomic E-state index is -0.341. The fraction of sp³-hybridized carbons (Fsp3) is 0.250. The lowest BCUT2D eigenvalue weighted by atomic mass is 10.2. The predicted molar refractivity (Wildman–Crippen MR) is 87.6 cm³/mol. The molecule has 2 nitrogen and oxygen atoms in total. The van der Waals surface area contributed by atoms with Crippen molar-refractivity contribution < 1.29 is 9.13 Å². The molecule has 0 aliphatic carbocycles. The van der Waals surface area contributed by atoms with Crippen molar-refractivity contribution in [2.75, 3.05) is 0 Å². The van der Waals surface area contributed by atoms with E-state index in [0.29, 0.717) is 18.3 Å². The van der Waals surface area contributed by atoms with E-state index in [0.717, 1.165) is 9.13 Å². The molecule has 0 atom stereocenters. The van der Waals surface area contributed by atoms with Crippen molar-refractivity contribution in [1.82, 2.24) is 5.32 Å². The molecule has 0 radical (unpaired) electrons. The number of hydrogen-bond donors (Lipinski definition) is 1. The molecule has 0 heterocycles. The molecule has 0 amide bonds. The highest BCUT2D eigenvalue weighted by molar-refractivity contribution is 14.1. The van der Waals surface area contributed by atoms with Crippen LogP contribution in [0.15, 0.2) is 42.5 Å². The van der Waals surface area contributed by atoms with Crippen LogP contribution in [0.3, 0.4) is 0 Å². The smallest absolute Gasteiger partial charge is 0.166 e. The Morgan fingerprint density at radius 2 is 2.00 bits per heavy atom. The number of halogens is 2. The van der Waals surface area contributed by atoms with Crippen LogP contribution in [0.4, 0.5) is 4.39 Å². The largest absolute Gasteiger partial charge is 0.454 e. The van der Waals surface area contributed by atoms with Crippen LogP contribution in [0, 0.1) is 9.39 Å². The van der Waals surface area contributed by atoms with Gasteiger partial charge in [0.2, 0.25) is 0 Å². The molecule has 2 rings (SSSR count). The molecular formula is C16H17FINO. The average molecular weight is 385 g/mol. The molecule has 0 bridgehead atoms. The van der Waals surface area contributed by atoms with Gasteiger partial charge in [-0.3, -0.25) is 0 Å². The maximum atomic E-state index is 14.0. The summed E-state index contributed by atoms with van der Waals surface area (Å²) >= 11 is 2.20. The van der Waals surface area contributed by atoms with Crippen molar-refractivity contribution >= 4 is 22.6 Å². The molecule has 0 saturated carbocycles. The highest BCUT2D eigenvalue weighted by Gasteiger charge is 2.07. The van der Waals surface area contributed by atoms with Gasteiger partial charge >= 0.3 is 0 Å². The van der Waals surface area contributed by atoms with E-state index in [1.807, 2.05) is 30.3 Å². The third-order valence-corrected chi connectivity index (χ3v) is 3.41. The molecule has 0 unspecified atom stereocenters. The molecule has 0 aliphatic heterocycles. The standard InChI is InChI=1S/C16H17FINO/c1-11(2)19-10-12-6-7-16(15(17)8-12)20-14-5-3-4-13(18)9-14/h3-9,11,19H,10H2,1-2H3. The Kier molecular flexibility index (Phi) is 5.37. The van der Waals surface area contributed by atoms with Crippen molar-refractivity contribution in [2.45, 2.75) is 26.4 Å². The van der Waals surface area contributed by atoms with Gasteiger partial charge in [0.25, 0.3) is 0 Å². The number of rotatable bonds is 5. The van der Waals surface area contributed by atoms with Crippen LogP contribution in [0.2, 0.25) is 0 Å². The minimum Gasteiger partial charge on any atom is -0.454 e. The van der Waals surface area contributed by atoms with E-state index in [2.05, 4.69) is 41.8 Å². The van der Waals surface area contributed by atoms with Gasteiger partial charge < -0.3 is 10.1 Å².